The van der Waals surface area contributed by atoms with E-state index in [9.17, 15) is 9.59 Å². The summed E-state index contributed by atoms with van der Waals surface area (Å²) in [5.41, 5.74) is 2.66. The molecule has 3 nitrogen and oxygen atoms in total. The Bertz CT molecular complexity index is 859. The van der Waals surface area contributed by atoms with Gasteiger partial charge in [-0.2, -0.15) is 0 Å². The molecule has 0 radical (unpaired) electrons. The molecule has 160 valence electrons. The quantitative estimate of drug-likeness (QED) is 0.607. The van der Waals surface area contributed by atoms with Crippen LogP contribution in [0.2, 0.25) is 0 Å². The second kappa shape index (κ2) is 10.0. The monoisotopic (exact) mass is 423 g/mol. The van der Waals surface area contributed by atoms with E-state index < -0.39 is 0 Å². The first-order valence-electron chi connectivity index (χ1n) is 11.5. The van der Waals surface area contributed by atoms with Gasteiger partial charge in [-0.05, 0) is 61.6 Å². The Morgan fingerprint density at radius 3 is 2.43 bits per heavy atom. The standard InChI is InChI=1S/C26H33NO2S/c1-19(28)20-8-5-6-9-21(13-7-12-20)24(29)18-27-16-14-25-23(15-17-30-25)26(27)22-10-3-2-4-11-22/h2-4,10-11,15,17,20-21,26H,5-9,12-14,16,18H2,1H3. The summed E-state index contributed by atoms with van der Waals surface area (Å²) in [6, 6.07) is 13.1. The van der Waals surface area contributed by atoms with Gasteiger partial charge in [0.1, 0.15) is 11.6 Å². The number of nitrogens with zero attached hydrogens (tertiary/aromatic N) is 1. The van der Waals surface area contributed by atoms with E-state index in [1.807, 2.05) is 11.3 Å². The van der Waals surface area contributed by atoms with E-state index in [-0.39, 0.29) is 17.9 Å². The van der Waals surface area contributed by atoms with Crippen molar-refractivity contribution in [2.75, 3.05) is 13.1 Å². The number of fused-ring (bicyclic) bond motifs is 1. The Labute approximate surface area is 184 Å². The van der Waals surface area contributed by atoms with Gasteiger partial charge in [-0.1, -0.05) is 49.6 Å². The van der Waals surface area contributed by atoms with Crippen LogP contribution in [0.3, 0.4) is 0 Å². The SMILES string of the molecule is CC(=O)C1CCCCC(C(=O)CN2CCc3sccc3C2c2ccccc2)CCC1. The number of Topliss-reactive ketones (excluding diaryl/α,β-unsaturated/α-hetero) is 2. The molecule has 2 heterocycles. The van der Waals surface area contributed by atoms with Crippen molar-refractivity contribution in [2.24, 2.45) is 11.8 Å². The molecule has 1 aliphatic heterocycles. The Hall–Kier alpha value is -1.78. The minimum Gasteiger partial charge on any atom is -0.300 e. The van der Waals surface area contributed by atoms with Gasteiger partial charge < -0.3 is 0 Å². The first-order valence-corrected chi connectivity index (χ1v) is 12.4. The summed E-state index contributed by atoms with van der Waals surface area (Å²) in [4.78, 5) is 29.1. The lowest BCUT2D eigenvalue weighted by Crippen LogP contribution is -2.40. The van der Waals surface area contributed by atoms with Crippen LogP contribution in [0.5, 0.6) is 0 Å². The lowest BCUT2D eigenvalue weighted by molar-refractivity contribution is -0.125. The maximum absolute atomic E-state index is 13.4. The highest BCUT2D eigenvalue weighted by Gasteiger charge is 2.32. The van der Waals surface area contributed by atoms with Gasteiger partial charge in [0.2, 0.25) is 0 Å². The molecule has 3 atom stereocenters. The normalized spacial score (nSPS) is 25.6. The Balaban J connectivity index is 1.47. The molecule has 0 amide bonds. The van der Waals surface area contributed by atoms with Gasteiger partial charge in [-0.3, -0.25) is 14.5 Å². The average Bonchev–Trinajstić information content (AvgIpc) is 3.26. The molecule has 1 aliphatic carbocycles. The van der Waals surface area contributed by atoms with E-state index in [0.717, 1.165) is 57.9 Å². The molecule has 1 aromatic heterocycles. The van der Waals surface area contributed by atoms with E-state index in [1.54, 1.807) is 6.92 Å². The summed E-state index contributed by atoms with van der Waals surface area (Å²) in [5.74, 6) is 1.08. The number of ketones is 2. The van der Waals surface area contributed by atoms with Gasteiger partial charge in [-0.15, -0.1) is 11.3 Å². The predicted molar refractivity (Wildman–Crippen MR) is 123 cm³/mol. The first-order chi connectivity index (χ1) is 14.6. The van der Waals surface area contributed by atoms with E-state index in [0.29, 0.717) is 18.1 Å². The molecule has 3 unspecified atom stereocenters. The van der Waals surface area contributed by atoms with E-state index >= 15 is 0 Å². The lowest BCUT2D eigenvalue weighted by Gasteiger charge is -2.36. The van der Waals surface area contributed by atoms with Gasteiger partial charge in [0.25, 0.3) is 0 Å². The average molecular weight is 424 g/mol. The maximum atomic E-state index is 13.4. The highest BCUT2D eigenvalue weighted by Crippen LogP contribution is 2.38. The predicted octanol–water partition coefficient (Wildman–Crippen LogP) is 5.83. The second-order valence-electron chi connectivity index (χ2n) is 9.02. The molecule has 4 heteroatoms. The topological polar surface area (TPSA) is 37.4 Å². The number of rotatable bonds is 5. The summed E-state index contributed by atoms with van der Waals surface area (Å²) in [6.45, 7) is 3.21. The molecular formula is C26H33NO2S. The number of hydrogen-bond acceptors (Lipinski definition) is 4. The molecule has 1 saturated carbocycles. The zero-order valence-corrected chi connectivity index (χ0v) is 18.8. The van der Waals surface area contributed by atoms with Crippen molar-refractivity contribution < 1.29 is 9.59 Å². The van der Waals surface area contributed by atoms with Crippen molar-refractivity contribution in [3.8, 4) is 0 Å². The third-order valence-electron chi connectivity index (χ3n) is 7.03. The number of hydrogen-bond donors (Lipinski definition) is 0. The lowest BCUT2D eigenvalue weighted by atomic mass is 9.89. The molecule has 1 fully saturated rings. The summed E-state index contributed by atoms with van der Waals surface area (Å²) in [5, 5.41) is 2.19. The Morgan fingerprint density at radius 2 is 1.67 bits per heavy atom. The summed E-state index contributed by atoms with van der Waals surface area (Å²) in [7, 11) is 0. The van der Waals surface area contributed by atoms with Crippen molar-refractivity contribution in [1.29, 1.82) is 0 Å². The van der Waals surface area contributed by atoms with Crippen LogP contribution in [0.4, 0.5) is 0 Å². The molecule has 0 spiro atoms. The number of carbonyl (C=O) groups excluding carboxylic acids is 2. The van der Waals surface area contributed by atoms with Crippen LogP contribution in [-0.2, 0) is 16.0 Å². The smallest absolute Gasteiger partial charge is 0.149 e. The van der Waals surface area contributed by atoms with Crippen LogP contribution < -0.4 is 0 Å². The van der Waals surface area contributed by atoms with Crippen LogP contribution >= 0.6 is 11.3 Å². The number of thiophene rings is 1. The van der Waals surface area contributed by atoms with Crippen molar-refractivity contribution >= 4 is 22.9 Å². The molecule has 2 aromatic rings. The Kier molecular flexibility index (Phi) is 7.16. The van der Waals surface area contributed by atoms with Crippen LogP contribution in [-0.4, -0.2) is 29.6 Å². The van der Waals surface area contributed by atoms with Crippen LogP contribution in [0.15, 0.2) is 41.8 Å². The third kappa shape index (κ3) is 4.92. The highest BCUT2D eigenvalue weighted by molar-refractivity contribution is 7.10. The fourth-order valence-electron chi connectivity index (χ4n) is 5.30. The fourth-order valence-corrected chi connectivity index (χ4v) is 6.21. The molecule has 30 heavy (non-hydrogen) atoms. The maximum Gasteiger partial charge on any atom is 0.149 e. The van der Waals surface area contributed by atoms with Gasteiger partial charge in [-0.25, -0.2) is 0 Å². The van der Waals surface area contributed by atoms with Crippen molar-refractivity contribution in [3.63, 3.8) is 0 Å². The number of benzene rings is 1. The minimum atomic E-state index is 0.149. The summed E-state index contributed by atoms with van der Waals surface area (Å²) < 4.78 is 0. The van der Waals surface area contributed by atoms with Crippen LogP contribution in [0, 0.1) is 11.8 Å². The molecule has 0 N–H and O–H groups in total. The molecule has 4 rings (SSSR count). The summed E-state index contributed by atoms with van der Waals surface area (Å²) >= 11 is 1.84. The molecule has 1 aromatic carbocycles. The first kappa shape index (κ1) is 21.5. The second-order valence-corrected chi connectivity index (χ2v) is 10.0. The van der Waals surface area contributed by atoms with Gasteiger partial charge in [0.05, 0.1) is 12.6 Å². The summed E-state index contributed by atoms with van der Waals surface area (Å²) in [6.07, 6.45) is 8.05. The largest absolute Gasteiger partial charge is 0.300 e. The zero-order valence-electron chi connectivity index (χ0n) is 18.0. The van der Waals surface area contributed by atoms with E-state index in [1.165, 1.54) is 16.0 Å². The molecule has 0 bridgehead atoms. The highest BCUT2D eigenvalue weighted by atomic mass is 32.1. The zero-order chi connectivity index (χ0) is 20.9. The van der Waals surface area contributed by atoms with Crippen LogP contribution in [0.1, 0.15) is 73.9 Å². The Morgan fingerprint density at radius 1 is 0.967 bits per heavy atom. The van der Waals surface area contributed by atoms with Gasteiger partial charge >= 0.3 is 0 Å². The van der Waals surface area contributed by atoms with E-state index in [2.05, 4.69) is 46.7 Å². The van der Waals surface area contributed by atoms with Crippen molar-refractivity contribution in [2.45, 2.75) is 64.3 Å². The van der Waals surface area contributed by atoms with Crippen LogP contribution in [0.25, 0.3) is 0 Å². The fraction of sp³-hybridized carbons (Fsp3) is 0.538. The molecular weight excluding hydrogens is 390 g/mol. The minimum absolute atomic E-state index is 0.149. The number of carbonyl (C=O) groups is 2. The molecule has 0 saturated heterocycles. The third-order valence-corrected chi connectivity index (χ3v) is 8.03. The van der Waals surface area contributed by atoms with Gasteiger partial charge in [0.15, 0.2) is 0 Å². The van der Waals surface area contributed by atoms with E-state index in [4.69, 9.17) is 0 Å². The van der Waals surface area contributed by atoms with Crippen molar-refractivity contribution in [1.82, 2.24) is 4.90 Å². The van der Waals surface area contributed by atoms with Crippen molar-refractivity contribution in [3.05, 3.63) is 57.8 Å². The van der Waals surface area contributed by atoms with Gasteiger partial charge in [0, 0.05) is 23.3 Å². The molecule has 2 aliphatic rings.